The summed E-state index contributed by atoms with van der Waals surface area (Å²) < 4.78 is 6.19. The van der Waals surface area contributed by atoms with Crippen LogP contribution >= 0.6 is 11.6 Å². The molecule has 8 nitrogen and oxygen atoms in total. The molecule has 6 rings (SSSR count). The number of hydrogen-bond acceptors (Lipinski definition) is 7. The minimum atomic E-state index is -1.18. The Morgan fingerprint density at radius 3 is 2.18 bits per heavy atom. The van der Waals surface area contributed by atoms with Crippen LogP contribution in [0.3, 0.4) is 0 Å². The van der Waals surface area contributed by atoms with Crippen LogP contribution in [-0.2, 0) is 30.5 Å². The highest BCUT2D eigenvalue weighted by Crippen LogP contribution is 2.77. The Bertz CT molecular complexity index is 1780. The molecule has 0 bridgehead atoms. The number of halogens is 1. The smallest absolute Gasteiger partial charge is 0.309 e. The van der Waals surface area contributed by atoms with Gasteiger partial charge >= 0.3 is 11.9 Å². The summed E-state index contributed by atoms with van der Waals surface area (Å²) in [5.74, 6) is 0.000319. The van der Waals surface area contributed by atoms with Gasteiger partial charge in [-0.1, -0.05) is 72.2 Å². The summed E-state index contributed by atoms with van der Waals surface area (Å²) in [5.41, 5.74) is 1.04. The molecule has 5 aliphatic carbocycles. The van der Waals surface area contributed by atoms with E-state index in [2.05, 4.69) is 72.4 Å². The largest absolute Gasteiger partial charge is 0.481 e. The van der Waals surface area contributed by atoms with Crippen molar-refractivity contribution in [3.63, 3.8) is 0 Å². The molecule has 8 unspecified atom stereocenters. The van der Waals surface area contributed by atoms with Crippen LogP contribution in [0, 0.1) is 56.2 Å². The predicted octanol–water partition coefficient (Wildman–Crippen LogP) is 9.67. The fraction of sp³-hybridized carbons (Fsp3) is 0.750. The number of benzene rings is 1. The molecule has 0 amide bonds. The van der Waals surface area contributed by atoms with E-state index in [9.17, 15) is 19.5 Å². The molecule has 1 aromatic carbocycles. The monoisotopic (exact) mass is 807 g/mol. The zero-order chi connectivity index (χ0) is 42.1. The Morgan fingerprint density at radius 2 is 1.56 bits per heavy atom. The van der Waals surface area contributed by atoms with E-state index >= 15 is 4.79 Å². The third-order valence-corrected chi connectivity index (χ3v) is 17.1. The van der Waals surface area contributed by atoms with Crippen molar-refractivity contribution in [1.82, 2.24) is 9.80 Å². The number of carbonyl (C=O) groups excluding carboxylic acids is 3. The van der Waals surface area contributed by atoms with E-state index in [1.807, 2.05) is 24.3 Å². The second-order valence-corrected chi connectivity index (χ2v) is 22.0. The second-order valence-electron chi connectivity index (χ2n) is 21.5. The Labute approximate surface area is 347 Å². The molecule has 0 saturated heterocycles. The van der Waals surface area contributed by atoms with Crippen molar-refractivity contribution in [2.45, 2.75) is 139 Å². The molecule has 4 saturated carbocycles. The molecule has 0 heterocycles. The molecule has 0 radical (unpaired) electrons. The van der Waals surface area contributed by atoms with E-state index in [4.69, 9.17) is 16.3 Å². The van der Waals surface area contributed by atoms with Gasteiger partial charge in [0.05, 0.1) is 23.8 Å². The van der Waals surface area contributed by atoms with Crippen LogP contribution in [0.2, 0.25) is 5.02 Å². The minimum absolute atomic E-state index is 0.00847. The number of carboxylic acid groups (broad SMARTS) is 1. The Morgan fingerprint density at radius 1 is 0.895 bits per heavy atom. The first-order valence-electron chi connectivity index (χ1n) is 21.8. The predicted molar refractivity (Wildman–Crippen MR) is 226 cm³/mol. The molecular weight excluding hydrogens is 736 g/mol. The molecule has 1 aromatic rings. The number of esters is 1. The van der Waals surface area contributed by atoms with E-state index < -0.39 is 22.8 Å². The summed E-state index contributed by atoms with van der Waals surface area (Å²) in [4.78, 5) is 58.8. The average Bonchev–Trinajstić information content (AvgIpc) is 3.42. The van der Waals surface area contributed by atoms with Gasteiger partial charge in [0.2, 0.25) is 0 Å². The van der Waals surface area contributed by atoms with Crippen LogP contribution in [0.4, 0.5) is 0 Å². The fourth-order valence-electron chi connectivity index (χ4n) is 13.5. The van der Waals surface area contributed by atoms with Gasteiger partial charge in [-0.25, -0.2) is 0 Å². The van der Waals surface area contributed by atoms with E-state index in [0.717, 1.165) is 75.6 Å². The molecule has 0 aliphatic heterocycles. The van der Waals surface area contributed by atoms with Gasteiger partial charge in [0.25, 0.3) is 0 Å². The highest BCUT2D eigenvalue weighted by atomic mass is 35.5. The van der Waals surface area contributed by atoms with Gasteiger partial charge in [0.1, 0.15) is 6.10 Å². The second kappa shape index (κ2) is 15.5. The van der Waals surface area contributed by atoms with E-state index in [0.29, 0.717) is 36.4 Å². The van der Waals surface area contributed by atoms with Gasteiger partial charge < -0.3 is 14.7 Å². The quantitative estimate of drug-likeness (QED) is 0.197. The van der Waals surface area contributed by atoms with Crippen LogP contribution in [0.25, 0.3) is 0 Å². The van der Waals surface area contributed by atoms with Crippen LogP contribution in [0.1, 0.15) is 132 Å². The lowest BCUT2D eigenvalue weighted by Gasteiger charge is -2.72. The molecule has 0 spiro atoms. The maximum Gasteiger partial charge on any atom is 0.309 e. The van der Waals surface area contributed by atoms with E-state index in [1.54, 1.807) is 13.8 Å². The zero-order valence-electron chi connectivity index (χ0n) is 36.9. The topological polar surface area (TPSA) is 104 Å². The number of aliphatic carboxylic acids is 1. The number of allylic oxidation sites excluding steroid dienone is 2. The number of Topliss-reactive ketones (excluding diaryl/α,β-unsaturated/α-hetero) is 2. The molecule has 1 N–H and O–H groups in total. The molecule has 57 heavy (non-hydrogen) atoms. The maximum absolute atomic E-state index is 15.2. The third kappa shape index (κ3) is 7.49. The first kappa shape index (κ1) is 44.0. The summed E-state index contributed by atoms with van der Waals surface area (Å²) in [6, 6.07) is 7.90. The summed E-state index contributed by atoms with van der Waals surface area (Å²) in [7, 11) is 4.12. The van der Waals surface area contributed by atoms with Crippen LogP contribution in [-0.4, -0.2) is 78.2 Å². The first-order valence-corrected chi connectivity index (χ1v) is 22.2. The number of carboxylic acids is 1. The van der Waals surface area contributed by atoms with Gasteiger partial charge in [0.15, 0.2) is 11.6 Å². The van der Waals surface area contributed by atoms with Crippen molar-refractivity contribution in [1.29, 1.82) is 0 Å². The number of hydrogen-bond donors (Lipinski definition) is 1. The standard InChI is InChI=1S/C48H71ClN2O6/c1-30(2)40-34(52)26-48(37(53)29-51(25-24-50(10)11)28-31-12-14-32(49)15-13-31)23-22-46(8)33(41(40)48)16-17-36-45(7)20-19-38(57-39(54)27-43(3,4)42(55)56)44(5,6)35(45)18-21-47(36,46)9/h12-15,30,33,35-36,38H,16-29H2,1-11H3,(H,55,56). The van der Waals surface area contributed by atoms with Gasteiger partial charge in [-0.15, -0.1) is 0 Å². The number of fused-ring (bicyclic) bond motifs is 7. The molecule has 8 atom stereocenters. The van der Waals surface area contributed by atoms with Crippen LogP contribution in [0.5, 0.6) is 0 Å². The maximum atomic E-state index is 15.2. The van der Waals surface area contributed by atoms with E-state index in [1.165, 1.54) is 5.57 Å². The van der Waals surface area contributed by atoms with Gasteiger partial charge in [0, 0.05) is 36.5 Å². The Kier molecular flexibility index (Phi) is 12.0. The molecule has 4 fully saturated rings. The van der Waals surface area contributed by atoms with Crippen molar-refractivity contribution in [2.75, 3.05) is 33.7 Å². The summed E-state index contributed by atoms with van der Waals surface area (Å²) in [5, 5.41) is 10.3. The van der Waals surface area contributed by atoms with Crippen molar-refractivity contribution < 1.29 is 29.0 Å². The Hall–Kier alpha value is -2.55. The summed E-state index contributed by atoms with van der Waals surface area (Å²) >= 11 is 6.23. The van der Waals surface area contributed by atoms with Crippen LogP contribution < -0.4 is 0 Å². The van der Waals surface area contributed by atoms with Crippen molar-refractivity contribution in [2.24, 2.45) is 56.2 Å². The SMILES string of the molecule is CC(C)C1=C2C3CCC4C5(C)CCC(OC(=O)CC(C)(C)C(=O)O)C(C)(C)C5CCC4(C)C3(C)CCC2(C(=O)CN(CCN(C)C)Cc2ccc(Cl)cc2)CC1=O. The van der Waals surface area contributed by atoms with Gasteiger partial charge in [-0.2, -0.15) is 0 Å². The van der Waals surface area contributed by atoms with Gasteiger partial charge in [-0.05, 0) is 148 Å². The van der Waals surface area contributed by atoms with E-state index in [-0.39, 0.29) is 57.6 Å². The number of ketones is 2. The Balaban J connectivity index is 1.29. The molecule has 316 valence electrons. The number of carbonyl (C=O) groups is 4. The summed E-state index contributed by atoms with van der Waals surface area (Å²) in [6.45, 7) is 22.1. The number of rotatable bonds is 13. The molecule has 9 heteroatoms. The third-order valence-electron chi connectivity index (χ3n) is 16.9. The molecular formula is C48H71ClN2O6. The fourth-order valence-corrected chi connectivity index (χ4v) is 13.7. The number of likely N-dealkylation sites (N-methyl/N-ethyl adjacent to an activating group) is 1. The minimum Gasteiger partial charge on any atom is -0.481 e. The molecule has 0 aromatic heterocycles. The first-order chi connectivity index (χ1) is 26.4. The lowest BCUT2D eigenvalue weighted by molar-refractivity contribution is -0.233. The lowest BCUT2D eigenvalue weighted by Crippen LogP contribution is -2.66. The highest BCUT2D eigenvalue weighted by molar-refractivity contribution is 6.30. The van der Waals surface area contributed by atoms with Crippen LogP contribution in [0.15, 0.2) is 35.4 Å². The van der Waals surface area contributed by atoms with Gasteiger partial charge in [-0.3, -0.25) is 24.1 Å². The number of ether oxygens (including phenoxy) is 1. The lowest BCUT2D eigenvalue weighted by atomic mass is 9.33. The highest BCUT2D eigenvalue weighted by Gasteiger charge is 2.71. The van der Waals surface area contributed by atoms with Crippen molar-refractivity contribution in [3.8, 4) is 0 Å². The normalized spacial score (nSPS) is 34.8. The van der Waals surface area contributed by atoms with Crippen molar-refractivity contribution in [3.05, 3.63) is 46.0 Å². The van der Waals surface area contributed by atoms with Crippen molar-refractivity contribution >= 4 is 35.1 Å². The average molecular weight is 808 g/mol. The summed E-state index contributed by atoms with van der Waals surface area (Å²) in [6.07, 6.45) is 7.38. The number of nitrogens with zero attached hydrogens (tertiary/aromatic N) is 2. The molecule has 5 aliphatic rings. The zero-order valence-corrected chi connectivity index (χ0v) is 37.6.